The van der Waals surface area contributed by atoms with Crippen molar-refractivity contribution in [3.8, 4) is 5.75 Å². The van der Waals surface area contributed by atoms with Crippen molar-refractivity contribution in [2.75, 3.05) is 0 Å². The Morgan fingerprint density at radius 1 is 1.38 bits per heavy atom. The van der Waals surface area contributed by atoms with Gasteiger partial charge in [-0.25, -0.2) is 4.68 Å². The number of benzene rings is 1. The van der Waals surface area contributed by atoms with Gasteiger partial charge in [0.15, 0.2) is 0 Å². The molecule has 0 bridgehead atoms. The first kappa shape index (κ1) is 13.1. The fraction of sp³-hybridized carbons (Fsp3) is 0.467. The van der Waals surface area contributed by atoms with Gasteiger partial charge in [0.25, 0.3) is 0 Å². The van der Waals surface area contributed by atoms with Gasteiger partial charge in [0, 0.05) is 30.2 Å². The second-order valence-corrected chi connectivity index (χ2v) is 6.22. The van der Waals surface area contributed by atoms with E-state index in [2.05, 4.69) is 15.6 Å². The highest BCUT2D eigenvalue weighted by molar-refractivity contribution is 6.30. The number of halogens is 1. The van der Waals surface area contributed by atoms with Gasteiger partial charge in [-0.05, 0) is 36.6 Å². The topological polar surface area (TPSA) is 52.0 Å². The number of nitrogens with zero attached hydrogens (tertiary/aromatic N) is 3. The van der Waals surface area contributed by atoms with Crippen LogP contribution in [-0.4, -0.2) is 27.1 Å². The van der Waals surface area contributed by atoms with Gasteiger partial charge in [0.1, 0.15) is 11.9 Å². The lowest BCUT2D eigenvalue weighted by Gasteiger charge is -2.09. The van der Waals surface area contributed by atoms with Gasteiger partial charge in [-0.15, -0.1) is 5.10 Å². The number of nitrogens with one attached hydrogen (secondary N) is 1. The Kier molecular flexibility index (Phi) is 3.31. The average Bonchev–Trinajstić information content (AvgIpc) is 3.05. The van der Waals surface area contributed by atoms with Crippen LogP contribution in [0, 0.1) is 0 Å². The smallest absolute Gasteiger partial charge is 0.123 e. The SMILES string of the molecule is Clc1ccc2c(c1)CC(Cn1cc(CNC3CC3)nn1)O2. The van der Waals surface area contributed by atoms with E-state index in [9.17, 15) is 0 Å². The van der Waals surface area contributed by atoms with Gasteiger partial charge in [-0.2, -0.15) is 0 Å². The summed E-state index contributed by atoms with van der Waals surface area (Å²) in [7, 11) is 0. The molecule has 1 aromatic carbocycles. The molecule has 2 heterocycles. The van der Waals surface area contributed by atoms with Crippen LogP contribution in [0.5, 0.6) is 5.75 Å². The molecule has 1 aliphatic heterocycles. The highest BCUT2D eigenvalue weighted by Gasteiger charge is 2.24. The van der Waals surface area contributed by atoms with Crippen LogP contribution in [0.3, 0.4) is 0 Å². The molecular weight excluding hydrogens is 288 g/mol. The summed E-state index contributed by atoms with van der Waals surface area (Å²) in [6.07, 6.45) is 5.53. The molecule has 21 heavy (non-hydrogen) atoms. The van der Waals surface area contributed by atoms with Crippen molar-refractivity contribution in [3.05, 3.63) is 40.7 Å². The van der Waals surface area contributed by atoms with Crippen molar-refractivity contribution < 1.29 is 4.74 Å². The molecule has 1 N–H and O–H groups in total. The maximum absolute atomic E-state index is 6.01. The van der Waals surface area contributed by atoms with Gasteiger partial charge >= 0.3 is 0 Å². The Morgan fingerprint density at radius 2 is 2.29 bits per heavy atom. The minimum Gasteiger partial charge on any atom is -0.488 e. The van der Waals surface area contributed by atoms with Crippen LogP contribution in [-0.2, 0) is 19.5 Å². The molecule has 1 unspecified atom stereocenters. The molecule has 0 saturated heterocycles. The van der Waals surface area contributed by atoms with Crippen molar-refractivity contribution in [3.63, 3.8) is 0 Å². The van der Waals surface area contributed by atoms with Crippen LogP contribution in [0.1, 0.15) is 24.1 Å². The molecule has 2 aromatic rings. The fourth-order valence-electron chi connectivity index (χ4n) is 2.64. The molecule has 6 heteroatoms. The molecule has 1 atom stereocenters. The lowest BCUT2D eigenvalue weighted by atomic mass is 10.1. The highest BCUT2D eigenvalue weighted by Crippen LogP contribution is 2.31. The molecule has 110 valence electrons. The van der Waals surface area contributed by atoms with Crippen LogP contribution in [0.15, 0.2) is 24.4 Å². The molecule has 0 radical (unpaired) electrons. The second-order valence-electron chi connectivity index (χ2n) is 5.78. The quantitative estimate of drug-likeness (QED) is 0.920. The van der Waals surface area contributed by atoms with E-state index in [1.165, 1.54) is 18.4 Å². The first-order chi connectivity index (χ1) is 10.3. The zero-order chi connectivity index (χ0) is 14.2. The average molecular weight is 305 g/mol. The Balaban J connectivity index is 1.36. The maximum Gasteiger partial charge on any atom is 0.123 e. The van der Waals surface area contributed by atoms with Gasteiger partial charge < -0.3 is 10.1 Å². The van der Waals surface area contributed by atoms with E-state index in [0.717, 1.165) is 29.4 Å². The molecule has 4 rings (SSSR count). The van der Waals surface area contributed by atoms with Crippen molar-refractivity contribution in [1.29, 1.82) is 0 Å². The van der Waals surface area contributed by atoms with E-state index in [4.69, 9.17) is 16.3 Å². The van der Waals surface area contributed by atoms with Gasteiger partial charge in [0.05, 0.1) is 12.2 Å². The Labute approximate surface area is 128 Å². The fourth-order valence-corrected chi connectivity index (χ4v) is 2.84. The summed E-state index contributed by atoms with van der Waals surface area (Å²) in [5, 5.41) is 12.6. The predicted molar refractivity (Wildman–Crippen MR) is 79.5 cm³/mol. The Morgan fingerprint density at radius 3 is 3.14 bits per heavy atom. The Hall–Kier alpha value is -1.59. The highest BCUT2D eigenvalue weighted by atomic mass is 35.5. The molecule has 2 aliphatic rings. The minimum atomic E-state index is 0.101. The molecule has 1 saturated carbocycles. The zero-order valence-electron chi connectivity index (χ0n) is 11.6. The number of fused-ring (bicyclic) bond motifs is 1. The third-order valence-electron chi connectivity index (χ3n) is 3.89. The van der Waals surface area contributed by atoms with Crippen molar-refractivity contribution in [2.45, 2.75) is 44.5 Å². The monoisotopic (exact) mass is 304 g/mol. The lowest BCUT2D eigenvalue weighted by Crippen LogP contribution is -2.21. The summed E-state index contributed by atoms with van der Waals surface area (Å²) in [5.41, 5.74) is 2.16. The molecule has 0 amide bonds. The van der Waals surface area contributed by atoms with Crippen LogP contribution < -0.4 is 10.1 Å². The van der Waals surface area contributed by atoms with Gasteiger partial charge in [-0.1, -0.05) is 16.8 Å². The summed E-state index contributed by atoms with van der Waals surface area (Å²) in [6, 6.07) is 6.46. The predicted octanol–water partition coefficient (Wildman–Crippen LogP) is 2.19. The van der Waals surface area contributed by atoms with E-state index in [1.807, 2.05) is 29.1 Å². The number of hydrogen-bond donors (Lipinski definition) is 1. The molecule has 1 aliphatic carbocycles. The van der Waals surface area contributed by atoms with Crippen molar-refractivity contribution in [2.24, 2.45) is 0 Å². The zero-order valence-corrected chi connectivity index (χ0v) is 12.4. The summed E-state index contributed by atoms with van der Waals surface area (Å²) >= 11 is 6.01. The van der Waals surface area contributed by atoms with E-state index in [0.29, 0.717) is 12.6 Å². The molecule has 5 nitrogen and oxygen atoms in total. The summed E-state index contributed by atoms with van der Waals surface area (Å²) in [5.74, 6) is 0.931. The van der Waals surface area contributed by atoms with E-state index < -0.39 is 0 Å². The maximum atomic E-state index is 6.01. The number of aromatic nitrogens is 3. The number of ether oxygens (including phenoxy) is 1. The molecule has 0 spiro atoms. The minimum absolute atomic E-state index is 0.101. The van der Waals surface area contributed by atoms with Crippen LogP contribution in [0.25, 0.3) is 0 Å². The molecular formula is C15H17ClN4O. The van der Waals surface area contributed by atoms with Crippen LogP contribution in [0.2, 0.25) is 5.02 Å². The Bertz CT molecular complexity index is 653. The van der Waals surface area contributed by atoms with E-state index in [1.54, 1.807) is 0 Å². The normalized spacial score (nSPS) is 20.3. The lowest BCUT2D eigenvalue weighted by molar-refractivity contribution is 0.202. The first-order valence-corrected chi connectivity index (χ1v) is 7.71. The number of hydrogen-bond acceptors (Lipinski definition) is 4. The van der Waals surface area contributed by atoms with E-state index >= 15 is 0 Å². The second kappa shape index (κ2) is 5.31. The third kappa shape index (κ3) is 3.04. The van der Waals surface area contributed by atoms with Crippen molar-refractivity contribution in [1.82, 2.24) is 20.3 Å². The summed E-state index contributed by atoms with van der Waals surface area (Å²) < 4.78 is 7.78. The van der Waals surface area contributed by atoms with Gasteiger partial charge in [0.2, 0.25) is 0 Å². The van der Waals surface area contributed by atoms with Crippen molar-refractivity contribution >= 4 is 11.6 Å². The third-order valence-corrected chi connectivity index (χ3v) is 4.12. The molecule has 1 fully saturated rings. The van der Waals surface area contributed by atoms with Crippen LogP contribution in [0.4, 0.5) is 0 Å². The summed E-state index contributed by atoms with van der Waals surface area (Å²) in [6.45, 7) is 1.51. The van der Waals surface area contributed by atoms with Crippen LogP contribution >= 0.6 is 11.6 Å². The summed E-state index contributed by atoms with van der Waals surface area (Å²) in [4.78, 5) is 0. The standard InChI is InChI=1S/C15H17ClN4O/c16-11-1-4-15-10(5-11)6-14(21-15)9-20-8-13(18-19-20)7-17-12-2-3-12/h1,4-5,8,12,14,17H,2-3,6-7,9H2. The van der Waals surface area contributed by atoms with E-state index in [-0.39, 0.29) is 6.10 Å². The largest absolute Gasteiger partial charge is 0.488 e. The molecule has 1 aromatic heterocycles. The number of rotatable bonds is 5. The van der Waals surface area contributed by atoms with Gasteiger partial charge in [-0.3, -0.25) is 0 Å². The first-order valence-electron chi connectivity index (χ1n) is 7.34.